The fraction of sp³-hybridized carbons (Fsp3) is 0.211. The highest BCUT2D eigenvalue weighted by Crippen LogP contribution is 2.15. The van der Waals surface area contributed by atoms with Gasteiger partial charge in [-0.2, -0.15) is 0 Å². The zero-order valence-electron chi connectivity index (χ0n) is 15.4. The molecule has 2 aromatic carbocycles. The van der Waals surface area contributed by atoms with E-state index in [4.69, 9.17) is 0 Å². The molecule has 3 aromatic rings. The fourth-order valence-electron chi connectivity index (χ4n) is 2.48. The van der Waals surface area contributed by atoms with Crippen LogP contribution in [0.2, 0.25) is 0 Å². The molecular weight excluding hydrogens is 378 g/mol. The molecule has 0 unspecified atom stereocenters. The van der Waals surface area contributed by atoms with Crippen molar-refractivity contribution in [2.45, 2.75) is 24.8 Å². The van der Waals surface area contributed by atoms with Crippen LogP contribution in [0.25, 0.3) is 0 Å². The Balaban J connectivity index is 1.63. The molecule has 0 aliphatic rings. The summed E-state index contributed by atoms with van der Waals surface area (Å²) < 4.78 is 28.2. The standard InChI is InChI=1S/C19H21N5O3S/c1-2-12-20-28(26,27)17-10-8-16(9-11-17)21-19(25)18-14-24(23-22-18)13-15-6-4-3-5-7-15/h3-11,14,20H,2,12-13H2,1H3,(H,21,25). The van der Waals surface area contributed by atoms with Gasteiger partial charge in [-0.25, -0.2) is 17.8 Å². The van der Waals surface area contributed by atoms with E-state index >= 15 is 0 Å². The van der Waals surface area contributed by atoms with E-state index in [0.29, 0.717) is 25.2 Å². The zero-order chi connectivity index (χ0) is 20.0. The number of nitrogens with zero attached hydrogens (tertiary/aromatic N) is 3. The Hall–Kier alpha value is -3.04. The first-order valence-electron chi connectivity index (χ1n) is 8.83. The van der Waals surface area contributed by atoms with Crippen LogP contribution in [0.3, 0.4) is 0 Å². The van der Waals surface area contributed by atoms with Gasteiger partial charge in [0.15, 0.2) is 5.69 Å². The molecule has 1 amide bonds. The molecule has 0 aliphatic carbocycles. The first-order valence-corrected chi connectivity index (χ1v) is 10.3. The van der Waals surface area contributed by atoms with Crippen LogP contribution in [0, 0.1) is 0 Å². The van der Waals surface area contributed by atoms with E-state index in [1.807, 2.05) is 37.3 Å². The Kier molecular flexibility index (Phi) is 6.17. The maximum absolute atomic E-state index is 12.3. The average molecular weight is 399 g/mol. The second-order valence-electron chi connectivity index (χ2n) is 6.16. The Morgan fingerprint density at radius 3 is 2.46 bits per heavy atom. The lowest BCUT2D eigenvalue weighted by atomic mass is 10.2. The number of aromatic nitrogens is 3. The highest BCUT2D eigenvalue weighted by Gasteiger charge is 2.14. The van der Waals surface area contributed by atoms with Crippen LogP contribution in [-0.2, 0) is 16.6 Å². The highest BCUT2D eigenvalue weighted by atomic mass is 32.2. The molecule has 9 heteroatoms. The lowest BCUT2D eigenvalue weighted by Crippen LogP contribution is -2.24. The minimum Gasteiger partial charge on any atom is -0.321 e. The third kappa shape index (κ3) is 5.02. The molecule has 0 aliphatic heterocycles. The van der Waals surface area contributed by atoms with Gasteiger partial charge in [0.1, 0.15) is 0 Å². The summed E-state index contributed by atoms with van der Waals surface area (Å²) >= 11 is 0. The van der Waals surface area contributed by atoms with Crippen molar-refractivity contribution >= 4 is 21.6 Å². The van der Waals surface area contributed by atoms with Crippen molar-refractivity contribution in [3.63, 3.8) is 0 Å². The van der Waals surface area contributed by atoms with E-state index in [9.17, 15) is 13.2 Å². The number of hydrogen-bond acceptors (Lipinski definition) is 5. The van der Waals surface area contributed by atoms with Gasteiger partial charge in [0.25, 0.3) is 5.91 Å². The first kappa shape index (κ1) is 19.7. The molecule has 0 bridgehead atoms. The maximum atomic E-state index is 12.3. The molecule has 0 saturated heterocycles. The van der Waals surface area contributed by atoms with Crippen LogP contribution in [0.4, 0.5) is 5.69 Å². The number of rotatable bonds is 8. The van der Waals surface area contributed by atoms with Crippen molar-refractivity contribution in [1.29, 1.82) is 0 Å². The van der Waals surface area contributed by atoms with Crippen molar-refractivity contribution < 1.29 is 13.2 Å². The van der Waals surface area contributed by atoms with Crippen LogP contribution in [0.5, 0.6) is 0 Å². The van der Waals surface area contributed by atoms with E-state index < -0.39 is 15.9 Å². The largest absolute Gasteiger partial charge is 0.321 e. The van der Waals surface area contributed by atoms with Crippen LogP contribution in [0.1, 0.15) is 29.4 Å². The summed E-state index contributed by atoms with van der Waals surface area (Å²) in [6.45, 7) is 2.77. The van der Waals surface area contributed by atoms with Gasteiger partial charge in [-0.15, -0.1) is 5.10 Å². The summed E-state index contributed by atoms with van der Waals surface area (Å²) in [6.07, 6.45) is 2.27. The molecule has 0 atom stereocenters. The second kappa shape index (κ2) is 8.77. The summed E-state index contributed by atoms with van der Waals surface area (Å²) in [5.41, 5.74) is 1.70. The zero-order valence-corrected chi connectivity index (χ0v) is 16.2. The third-order valence-electron chi connectivity index (χ3n) is 3.92. The Morgan fingerprint density at radius 1 is 1.07 bits per heavy atom. The molecule has 0 saturated carbocycles. The minimum absolute atomic E-state index is 0.146. The topological polar surface area (TPSA) is 106 Å². The molecule has 0 fully saturated rings. The van der Waals surface area contributed by atoms with Gasteiger partial charge in [-0.05, 0) is 36.2 Å². The smallest absolute Gasteiger partial charge is 0.277 e. The molecule has 28 heavy (non-hydrogen) atoms. The van der Waals surface area contributed by atoms with Gasteiger partial charge < -0.3 is 5.32 Å². The van der Waals surface area contributed by atoms with Gasteiger partial charge in [-0.1, -0.05) is 42.5 Å². The molecule has 1 heterocycles. The number of carbonyl (C=O) groups excluding carboxylic acids is 1. The van der Waals surface area contributed by atoms with Crippen molar-refractivity contribution in [3.8, 4) is 0 Å². The van der Waals surface area contributed by atoms with Gasteiger partial charge >= 0.3 is 0 Å². The van der Waals surface area contributed by atoms with Gasteiger partial charge in [0, 0.05) is 12.2 Å². The normalized spacial score (nSPS) is 11.3. The number of nitrogens with one attached hydrogen (secondary N) is 2. The number of anilines is 1. The lowest BCUT2D eigenvalue weighted by Gasteiger charge is -2.07. The second-order valence-corrected chi connectivity index (χ2v) is 7.93. The van der Waals surface area contributed by atoms with E-state index in [0.717, 1.165) is 5.56 Å². The summed E-state index contributed by atoms with van der Waals surface area (Å²) in [7, 11) is -3.53. The summed E-state index contributed by atoms with van der Waals surface area (Å²) in [6, 6.07) is 15.7. The fourth-order valence-corrected chi connectivity index (χ4v) is 3.62. The summed E-state index contributed by atoms with van der Waals surface area (Å²) in [4.78, 5) is 12.5. The third-order valence-corrected chi connectivity index (χ3v) is 5.40. The molecule has 3 rings (SSSR count). The van der Waals surface area contributed by atoms with Crippen molar-refractivity contribution in [2.24, 2.45) is 0 Å². The molecule has 146 valence electrons. The first-order chi connectivity index (χ1) is 13.5. The minimum atomic E-state index is -3.53. The predicted octanol–water partition coefficient (Wildman–Crippen LogP) is 2.27. The highest BCUT2D eigenvalue weighted by molar-refractivity contribution is 7.89. The van der Waals surface area contributed by atoms with Gasteiger partial charge in [0.2, 0.25) is 10.0 Å². The van der Waals surface area contributed by atoms with Crippen LogP contribution in [-0.4, -0.2) is 35.9 Å². The SMILES string of the molecule is CCCNS(=O)(=O)c1ccc(NC(=O)c2cn(Cc3ccccc3)nn2)cc1. The molecule has 0 spiro atoms. The molecule has 2 N–H and O–H groups in total. The van der Waals surface area contributed by atoms with E-state index in [1.165, 1.54) is 24.3 Å². The average Bonchev–Trinajstić information content (AvgIpc) is 3.16. The number of carbonyl (C=O) groups is 1. The summed E-state index contributed by atoms with van der Waals surface area (Å²) in [5, 5.41) is 10.5. The number of amides is 1. The lowest BCUT2D eigenvalue weighted by molar-refractivity contribution is 0.102. The van der Waals surface area contributed by atoms with Crippen LogP contribution >= 0.6 is 0 Å². The van der Waals surface area contributed by atoms with Crippen LogP contribution < -0.4 is 10.0 Å². The number of hydrogen-bond donors (Lipinski definition) is 2. The van der Waals surface area contributed by atoms with E-state index in [-0.39, 0.29) is 10.6 Å². The maximum Gasteiger partial charge on any atom is 0.277 e. The van der Waals surface area contributed by atoms with Crippen molar-refractivity contribution in [1.82, 2.24) is 19.7 Å². The monoisotopic (exact) mass is 399 g/mol. The molecule has 0 radical (unpaired) electrons. The summed E-state index contributed by atoms with van der Waals surface area (Å²) in [5.74, 6) is -0.418. The molecular formula is C19H21N5O3S. The van der Waals surface area contributed by atoms with Gasteiger partial charge in [0.05, 0.1) is 17.6 Å². The molecule has 8 nitrogen and oxygen atoms in total. The van der Waals surface area contributed by atoms with Gasteiger partial charge in [-0.3, -0.25) is 4.79 Å². The molecule has 1 aromatic heterocycles. The Labute approximate surface area is 163 Å². The number of sulfonamides is 1. The van der Waals surface area contributed by atoms with E-state index in [2.05, 4.69) is 20.4 Å². The number of benzene rings is 2. The van der Waals surface area contributed by atoms with Crippen LogP contribution in [0.15, 0.2) is 65.7 Å². The van der Waals surface area contributed by atoms with Crippen molar-refractivity contribution in [3.05, 3.63) is 72.1 Å². The Morgan fingerprint density at radius 2 is 1.79 bits per heavy atom. The predicted molar refractivity (Wildman–Crippen MR) is 105 cm³/mol. The Bertz CT molecular complexity index is 1030. The van der Waals surface area contributed by atoms with E-state index in [1.54, 1.807) is 10.9 Å². The quantitative estimate of drug-likeness (QED) is 0.604. The van der Waals surface area contributed by atoms with Crippen molar-refractivity contribution in [2.75, 3.05) is 11.9 Å².